The lowest BCUT2D eigenvalue weighted by atomic mass is 10.00. The molecule has 1 amide bonds. The molecule has 0 bridgehead atoms. The van der Waals surface area contributed by atoms with Gasteiger partial charge in [0.25, 0.3) is 0 Å². The minimum atomic E-state index is -0.547. The van der Waals surface area contributed by atoms with E-state index in [1.54, 1.807) is 0 Å². The number of hydrogen-bond acceptors (Lipinski definition) is 4. The number of hydrogen-bond donors (Lipinski definition) is 2. The summed E-state index contributed by atoms with van der Waals surface area (Å²) in [5, 5.41) is 14.0. The average molecular weight is 267 g/mol. The zero-order chi connectivity index (χ0) is 13.2. The molecule has 6 heteroatoms. The topological polar surface area (TPSA) is 66.6 Å². The first-order valence-corrected chi connectivity index (χ1v) is 6.77. The summed E-state index contributed by atoms with van der Waals surface area (Å²) in [6.07, 6.45) is 4.70. The fraction of sp³-hybridized carbons (Fsp3) is 0.500. The molecule has 2 heterocycles. The summed E-state index contributed by atoms with van der Waals surface area (Å²) in [4.78, 5) is 17.1. The maximum Gasteiger partial charge on any atom is 0.226 e. The van der Waals surface area contributed by atoms with Crippen molar-refractivity contribution < 1.29 is 9.90 Å². The summed E-state index contributed by atoms with van der Waals surface area (Å²) in [6.45, 7) is 3.70. The Kier molecular flexibility index (Phi) is 3.68. The van der Waals surface area contributed by atoms with E-state index in [4.69, 9.17) is 0 Å². The Balaban J connectivity index is 2.01. The van der Waals surface area contributed by atoms with Crippen LogP contribution in [-0.2, 0) is 11.2 Å². The lowest BCUT2D eigenvalue weighted by Gasteiger charge is -2.26. The van der Waals surface area contributed by atoms with Gasteiger partial charge in [0, 0.05) is 17.8 Å². The van der Waals surface area contributed by atoms with Crippen LogP contribution < -0.4 is 5.32 Å². The van der Waals surface area contributed by atoms with Gasteiger partial charge in [-0.25, -0.2) is 4.98 Å². The van der Waals surface area contributed by atoms with Gasteiger partial charge < -0.3 is 10.4 Å². The summed E-state index contributed by atoms with van der Waals surface area (Å²) in [5.74, 6) is -0.112. The number of thiazole rings is 1. The molecule has 0 radical (unpaired) electrons. The zero-order valence-electron chi connectivity index (χ0n) is 10.5. The molecule has 98 valence electrons. The zero-order valence-corrected chi connectivity index (χ0v) is 11.3. The van der Waals surface area contributed by atoms with Crippen molar-refractivity contribution in [3.63, 3.8) is 0 Å². The van der Waals surface area contributed by atoms with Crippen LogP contribution in [0.5, 0.6) is 0 Å². The Morgan fingerprint density at radius 3 is 3.06 bits per heavy atom. The summed E-state index contributed by atoms with van der Waals surface area (Å²) in [7, 11) is 0. The Labute approximate surface area is 109 Å². The molecule has 1 unspecified atom stereocenters. The number of aliphatic hydroxyl groups excluding tert-OH is 1. The van der Waals surface area contributed by atoms with Gasteiger partial charge in [-0.3, -0.25) is 9.20 Å². The van der Waals surface area contributed by atoms with Crippen molar-refractivity contribution in [1.82, 2.24) is 14.7 Å². The van der Waals surface area contributed by atoms with Crippen molar-refractivity contribution >= 4 is 22.2 Å². The second-order valence-corrected chi connectivity index (χ2v) is 5.50. The molecule has 5 nitrogen and oxygen atoms in total. The highest BCUT2D eigenvalue weighted by Crippen LogP contribution is 2.12. The minimum absolute atomic E-state index is 0.0620. The first kappa shape index (κ1) is 13.0. The number of carbonyl (C=O) groups excluding carboxylic acids is 1. The summed E-state index contributed by atoms with van der Waals surface area (Å²) >= 11 is 1.54. The standard InChI is InChI=1S/C12H17N3O2S/c1-3-12(2,8-16)14-10(17)6-9-7-15-4-5-18-11(15)13-9/h4-5,7,16H,3,6,8H2,1-2H3,(H,14,17). The van der Waals surface area contributed by atoms with Gasteiger partial charge in [0.05, 0.1) is 24.3 Å². The summed E-state index contributed by atoms with van der Waals surface area (Å²) in [5.41, 5.74) is 0.199. The Hall–Kier alpha value is -1.40. The number of nitrogens with one attached hydrogen (secondary N) is 1. The molecule has 0 fully saturated rings. The second kappa shape index (κ2) is 5.07. The van der Waals surface area contributed by atoms with E-state index in [0.717, 1.165) is 10.7 Å². The van der Waals surface area contributed by atoms with Gasteiger partial charge in [0.15, 0.2) is 4.96 Å². The number of carbonyl (C=O) groups is 1. The Morgan fingerprint density at radius 2 is 2.44 bits per heavy atom. The maximum absolute atomic E-state index is 11.9. The second-order valence-electron chi connectivity index (χ2n) is 4.62. The molecule has 0 spiro atoms. The van der Waals surface area contributed by atoms with Crippen molar-refractivity contribution in [3.05, 3.63) is 23.5 Å². The maximum atomic E-state index is 11.9. The average Bonchev–Trinajstić information content (AvgIpc) is 2.89. The molecular formula is C12H17N3O2S. The van der Waals surface area contributed by atoms with E-state index in [9.17, 15) is 9.90 Å². The fourth-order valence-corrected chi connectivity index (χ4v) is 2.37. The lowest BCUT2D eigenvalue weighted by molar-refractivity contribution is -0.122. The smallest absolute Gasteiger partial charge is 0.226 e. The predicted molar refractivity (Wildman–Crippen MR) is 70.7 cm³/mol. The normalized spacial score (nSPS) is 14.6. The van der Waals surface area contributed by atoms with Gasteiger partial charge in [-0.05, 0) is 13.3 Å². The largest absolute Gasteiger partial charge is 0.394 e. The Morgan fingerprint density at radius 1 is 1.67 bits per heavy atom. The van der Waals surface area contributed by atoms with Gasteiger partial charge in [0.2, 0.25) is 5.91 Å². The molecule has 2 rings (SSSR count). The third kappa shape index (κ3) is 2.70. The highest BCUT2D eigenvalue weighted by molar-refractivity contribution is 7.15. The molecule has 0 aliphatic heterocycles. The van der Waals surface area contributed by atoms with E-state index >= 15 is 0 Å². The van der Waals surface area contributed by atoms with Crippen molar-refractivity contribution in [2.45, 2.75) is 32.2 Å². The van der Waals surface area contributed by atoms with E-state index in [0.29, 0.717) is 6.42 Å². The van der Waals surface area contributed by atoms with Gasteiger partial charge >= 0.3 is 0 Å². The van der Waals surface area contributed by atoms with Crippen LogP contribution in [-0.4, -0.2) is 32.5 Å². The third-order valence-corrected chi connectivity index (χ3v) is 3.83. The van der Waals surface area contributed by atoms with E-state index in [-0.39, 0.29) is 18.9 Å². The molecule has 0 aliphatic carbocycles. The monoisotopic (exact) mass is 267 g/mol. The van der Waals surface area contributed by atoms with Crippen molar-refractivity contribution in [2.24, 2.45) is 0 Å². The van der Waals surface area contributed by atoms with E-state index in [2.05, 4.69) is 10.3 Å². The molecule has 0 saturated carbocycles. The molecule has 2 aromatic rings. The van der Waals surface area contributed by atoms with E-state index in [1.165, 1.54) is 11.3 Å². The number of fused-ring (bicyclic) bond motifs is 1. The number of nitrogens with zero attached hydrogens (tertiary/aromatic N) is 2. The van der Waals surface area contributed by atoms with Gasteiger partial charge in [-0.2, -0.15) is 0 Å². The van der Waals surface area contributed by atoms with Gasteiger partial charge in [0.1, 0.15) is 0 Å². The highest BCUT2D eigenvalue weighted by Gasteiger charge is 2.23. The molecule has 1 atom stereocenters. The van der Waals surface area contributed by atoms with E-state index < -0.39 is 5.54 Å². The first-order valence-electron chi connectivity index (χ1n) is 5.89. The first-order chi connectivity index (χ1) is 8.56. The molecule has 2 N–H and O–H groups in total. The van der Waals surface area contributed by atoms with Crippen LogP contribution in [0, 0.1) is 0 Å². The fourth-order valence-electron chi connectivity index (χ4n) is 1.65. The number of aliphatic hydroxyl groups is 1. The quantitative estimate of drug-likeness (QED) is 0.856. The van der Waals surface area contributed by atoms with Crippen molar-refractivity contribution in [3.8, 4) is 0 Å². The van der Waals surface area contributed by atoms with Crippen LogP contribution in [0.25, 0.3) is 4.96 Å². The molecule has 0 aromatic carbocycles. The van der Waals surface area contributed by atoms with Crippen molar-refractivity contribution in [2.75, 3.05) is 6.61 Å². The number of amides is 1. The summed E-state index contributed by atoms with van der Waals surface area (Å²) in [6, 6.07) is 0. The number of aromatic nitrogens is 2. The predicted octanol–water partition coefficient (Wildman–Crippen LogP) is 1.22. The highest BCUT2D eigenvalue weighted by atomic mass is 32.1. The van der Waals surface area contributed by atoms with Crippen molar-refractivity contribution in [1.29, 1.82) is 0 Å². The molecule has 2 aromatic heterocycles. The van der Waals surface area contributed by atoms with Crippen LogP contribution in [0.1, 0.15) is 26.0 Å². The van der Waals surface area contributed by atoms with Crippen LogP contribution in [0.4, 0.5) is 0 Å². The lowest BCUT2D eigenvalue weighted by Crippen LogP contribution is -2.48. The number of rotatable bonds is 5. The molecule has 18 heavy (non-hydrogen) atoms. The van der Waals surface area contributed by atoms with Gasteiger partial charge in [-0.15, -0.1) is 11.3 Å². The van der Waals surface area contributed by atoms with Crippen LogP contribution in [0.3, 0.4) is 0 Å². The molecular weight excluding hydrogens is 250 g/mol. The Bertz CT molecular complexity index is 514. The molecule has 0 saturated heterocycles. The minimum Gasteiger partial charge on any atom is -0.394 e. The number of imidazole rings is 1. The van der Waals surface area contributed by atoms with Gasteiger partial charge in [-0.1, -0.05) is 6.92 Å². The van der Waals surface area contributed by atoms with Crippen LogP contribution >= 0.6 is 11.3 Å². The van der Waals surface area contributed by atoms with Crippen LogP contribution in [0.2, 0.25) is 0 Å². The van der Waals surface area contributed by atoms with Crippen LogP contribution in [0.15, 0.2) is 17.8 Å². The third-order valence-electron chi connectivity index (χ3n) is 3.06. The molecule has 0 aliphatic rings. The SMILES string of the molecule is CCC(C)(CO)NC(=O)Cc1cn2ccsc2n1. The summed E-state index contributed by atoms with van der Waals surface area (Å²) < 4.78 is 1.90. The van der Waals surface area contributed by atoms with E-state index in [1.807, 2.05) is 36.0 Å².